The molecule has 0 unspecified atom stereocenters. The van der Waals surface area contributed by atoms with Crippen LogP contribution in [0.15, 0.2) is 30.3 Å². The lowest BCUT2D eigenvalue weighted by Crippen LogP contribution is -2.05. The van der Waals surface area contributed by atoms with Crippen molar-refractivity contribution in [3.05, 3.63) is 52.8 Å². The highest BCUT2D eigenvalue weighted by Gasteiger charge is 2.10. The number of aromatic nitrogens is 1. The van der Waals surface area contributed by atoms with Crippen LogP contribution in [0.3, 0.4) is 0 Å². The summed E-state index contributed by atoms with van der Waals surface area (Å²) < 4.78 is 6.03. The number of nitrogens with two attached hydrogens (primary N) is 1. The van der Waals surface area contributed by atoms with Crippen LogP contribution in [0.5, 0.6) is 11.5 Å². The molecule has 1 aromatic heterocycles. The third-order valence-electron chi connectivity index (χ3n) is 3.37. The largest absolute Gasteiger partial charge is 0.457 e. The van der Waals surface area contributed by atoms with E-state index in [-0.39, 0.29) is 0 Å². The van der Waals surface area contributed by atoms with E-state index in [1.807, 2.05) is 32.0 Å². The Labute approximate surface area is 120 Å². The van der Waals surface area contributed by atoms with E-state index in [0.29, 0.717) is 12.5 Å². The first-order chi connectivity index (χ1) is 9.51. The molecule has 3 heteroatoms. The van der Waals surface area contributed by atoms with Crippen LogP contribution in [0.4, 0.5) is 0 Å². The highest BCUT2D eigenvalue weighted by Crippen LogP contribution is 2.29. The second-order valence-electron chi connectivity index (χ2n) is 5.36. The van der Waals surface area contributed by atoms with Crippen molar-refractivity contribution in [1.82, 2.24) is 4.98 Å². The Hall–Kier alpha value is -1.87. The van der Waals surface area contributed by atoms with E-state index in [9.17, 15) is 0 Å². The van der Waals surface area contributed by atoms with Gasteiger partial charge in [0.15, 0.2) is 0 Å². The smallest absolute Gasteiger partial charge is 0.135 e. The molecule has 0 aliphatic heterocycles. The Kier molecular flexibility index (Phi) is 4.40. The van der Waals surface area contributed by atoms with Crippen LogP contribution in [0.25, 0.3) is 0 Å². The summed E-state index contributed by atoms with van der Waals surface area (Å²) in [6.45, 7) is 8.70. The van der Waals surface area contributed by atoms with Crippen LogP contribution in [0.1, 0.15) is 42.3 Å². The molecule has 0 fully saturated rings. The second-order valence-corrected chi connectivity index (χ2v) is 5.36. The van der Waals surface area contributed by atoms with Gasteiger partial charge in [0, 0.05) is 29.6 Å². The molecule has 2 aromatic rings. The summed E-state index contributed by atoms with van der Waals surface area (Å²) in [5, 5.41) is 0. The van der Waals surface area contributed by atoms with Gasteiger partial charge in [0.2, 0.25) is 0 Å². The van der Waals surface area contributed by atoms with Gasteiger partial charge in [0.1, 0.15) is 11.5 Å². The van der Waals surface area contributed by atoms with Crippen LogP contribution in [-0.2, 0) is 6.54 Å². The first-order valence-corrected chi connectivity index (χ1v) is 6.96. The summed E-state index contributed by atoms with van der Waals surface area (Å²) >= 11 is 0. The second kappa shape index (κ2) is 6.06. The van der Waals surface area contributed by atoms with Gasteiger partial charge in [0.25, 0.3) is 0 Å². The van der Waals surface area contributed by atoms with E-state index < -0.39 is 0 Å². The third-order valence-corrected chi connectivity index (χ3v) is 3.37. The highest BCUT2D eigenvalue weighted by molar-refractivity contribution is 5.42. The zero-order valence-electron chi connectivity index (χ0n) is 12.6. The molecule has 3 nitrogen and oxygen atoms in total. The van der Waals surface area contributed by atoms with E-state index in [4.69, 9.17) is 10.5 Å². The zero-order valence-corrected chi connectivity index (χ0v) is 12.6. The molecule has 2 N–H and O–H groups in total. The van der Waals surface area contributed by atoms with E-state index in [0.717, 1.165) is 28.5 Å². The monoisotopic (exact) mass is 270 g/mol. The quantitative estimate of drug-likeness (QED) is 0.911. The topological polar surface area (TPSA) is 48.1 Å². The first-order valence-electron chi connectivity index (χ1n) is 6.96. The number of ether oxygens (including phenoxy) is 1. The van der Waals surface area contributed by atoms with Crippen LogP contribution in [-0.4, -0.2) is 4.98 Å². The molecule has 20 heavy (non-hydrogen) atoms. The van der Waals surface area contributed by atoms with Crippen molar-refractivity contribution < 1.29 is 4.74 Å². The molecule has 0 saturated heterocycles. The van der Waals surface area contributed by atoms with Gasteiger partial charge >= 0.3 is 0 Å². The van der Waals surface area contributed by atoms with Crippen molar-refractivity contribution in [2.45, 2.75) is 40.2 Å². The van der Waals surface area contributed by atoms with E-state index in [1.165, 1.54) is 5.56 Å². The Morgan fingerprint density at radius 2 is 1.95 bits per heavy atom. The number of aryl methyl sites for hydroxylation is 2. The summed E-state index contributed by atoms with van der Waals surface area (Å²) in [5.41, 5.74) is 9.91. The minimum atomic E-state index is 0.429. The molecular weight excluding hydrogens is 248 g/mol. The van der Waals surface area contributed by atoms with Gasteiger partial charge in [-0.15, -0.1) is 0 Å². The summed E-state index contributed by atoms with van der Waals surface area (Å²) in [5.74, 6) is 2.13. The molecule has 0 aliphatic rings. The SMILES string of the molecule is Cc1cc(Oc2cccc(C(C)C)c2)c(CN)c(C)n1. The van der Waals surface area contributed by atoms with Gasteiger partial charge < -0.3 is 10.5 Å². The Morgan fingerprint density at radius 1 is 1.20 bits per heavy atom. The molecule has 0 amide bonds. The number of pyridine rings is 1. The van der Waals surface area contributed by atoms with Gasteiger partial charge in [0.05, 0.1) is 0 Å². The van der Waals surface area contributed by atoms with Gasteiger partial charge in [-0.05, 0) is 37.5 Å². The minimum absolute atomic E-state index is 0.429. The Bertz CT molecular complexity index is 606. The van der Waals surface area contributed by atoms with Gasteiger partial charge in [-0.3, -0.25) is 4.98 Å². The number of hydrogen-bond donors (Lipinski definition) is 1. The van der Waals surface area contributed by atoms with Crippen molar-refractivity contribution >= 4 is 0 Å². The summed E-state index contributed by atoms with van der Waals surface area (Å²) in [7, 11) is 0. The average Bonchev–Trinajstić information content (AvgIpc) is 2.38. The molecule has 0 bridgehead atoms. The molecule has 2 rings (SSSR count). The molecular formula is C17H22N2O. The number of hydrogen-bond acceptors (Lipinski definition) is 3. The van der Waals surface area contributed by atoms with Crippen molar-refractivity contribution in [2.75, 3.05) is 0 Å². The fraction of sp³-hybridized carbons (Fsp3) is 0.353. The van der Waals surface area contributed by atoms with Crippen molar-refractivity contribution in [2.24, 2.45) is 5.73 Å². The third kappa shape index (κ3) is 3.17. The van der Waals surface area contributed by atoms with Crippen LogP contribution < -0.4 is 10.5 Å². The standard InChI is InChI=1S/C17H22N2O/c1-11(2)14-6-5-7-15(9-14)20-17-8-12(3)19-13(4)16(17)10-18/h5-9,11H,10,18H2,1-4H3. The molecule has 106 valence electrons. The minimum Gasteiger partial charge on any atom is -0.457 e. The van der Waals surface area contributed by atoms with Crippen molar-refractivity contribution in [1.29, 1.82) is 0 Å². The normalized spacial score (nSPS) is 10.9. The van der Waals surface area contributed by atoms with Crippen molar-refractivity contribution in [3.63, 3.8) is 0 Å². The predicted molar refractivity (Wildman–Crippen MR) is 82.2 cm³/mol. The summed E-state index contributed by atoms with van der Waals surface area (Å²) in [6.07, 6.45) is 0. The highest BCUT2D eigenvalue weighted by atomic mass is 16.5. The van der Waals surface area contributed by atoms with E-state index >= 15 is 0 Å². The molecule has 1 heterocycles. The summed E-state index contributed by atoms with van der Waals surface area (Å²) in [4.78, 5) is 4.43. The lowest BCUT2D eigenvalue weighted by atomic mass is 10.0. The van der Waals surface area contributed by atoms with E-state index in [1.54, 1.807) is 0 Å². The van der Waals surface area contributed by atoms with E-state index in [2.05, 4.69) is 31.0 Å². The Balaban J connectivity index is 2.37. The fourth-order valence-corrected chi connectivity index (χ4v) is 2.22. The maximum Gasteiger partial charge on any atom is 0.135 e. The van der Waals surface area contributed by atoms with Gasteiger partial charge in [-0.25, -0.2) is 0 Å². The zero-order chi connectivity index (χ0) is 14.7. The molecule has 0 radical (unpaired) electrons. The molecule has 0 spiro atoms. The number of nitrogens with zero attached hydrogens (tertiary/aromatic N) is 1. The number of rotatable bonds is 4. The van der Waals surface area contributed by atoms with Gasteiger partial charge in [-0.2, -0.15) is 0 Å². The molecule has 0 aliphatic carbocycles. The maximum absolute atomic E-state index is 6.03. The average molecular weight is 270 g/mol. The van der Waals surface area contributed by atoms with Crippen LogP contribution in [0, 0.1) is 13.8 Å². The maximum atomic E-state index is 6.03. The van der Waals surface area contributed by atoms with Crippen molar-refractivity contribution in [3.8, 4) is 11.5 Å². The first kappa shape index (κ1) is 14.5. The Morgan fingerprint density at radius 3 is 2.60 bits per heavy atom. The summed E-state index contributed by atoms with van der Waals surface area (Å²) in [6, 6.07) is 10.1. The van der Waals surface area contributed by atoms with Crippen LogP contribution >= 0.6 is 0 Å². The van der Waals surface area contributed by atoms with Gasteiger partial charge in [-0.1, -0.05) is 26.0 Å². The lowest BCUT2D eigenvalue weighted by Gasteiger charge is -2.14. The van der Waals surface area contributed by atoms with Crippen LogP contribution in [0.2, 0.25) is 0 Å². The molecule has 1 aromatic carbocycles. The lowest BCUT2D eigenvalue weighted by molar-refractivity contribution is 0.473. The fourth-order valence-electron chi connectivity index (χ4n) is 2.22. The number of benzene rings is 1. The molecule has 0 atom stereocenters. The predicted octanol–water partition coefficient (Wildman–Crippen LogP) is 4.07. The molecule has 0 saturated carbocycles.